The monoisotopic (exact) mass is 326 g/mol. The van der Waals surface area contributed by atoms with Crippen molar-refractivity contribution in [2.45, 2.75) is 44.8 Å². The predicted molar refractivity (Wildman–Crippen MR) is 86.7 cm³/mol. The van der Waals surface area contributed by atoms with Gasteiger partial charge in [-0.15, -0.1) is 0 Å². The molecule has 2 heteroatoms. The van der Waals surface area contributed by atoms with E-state index in [1.54, 1.807) is 0 Å². The Balaban J connectivity index is 1.85. The van der Waals surface area contributed by atoms with Crippen LogP contribution in [0.1, 0.15) is 43.2 Å². The molecule has 0 N–H and O–H groups in total. The number of thioether (sulfide) groups is 1. The van der Waals surface area contributed by atoms with Crippen molar-refractivity contribution in [1.29, 1.82) is 0 Å². The van der Waals surface area contributed by atoms with Gasteiger partial charge in [0.05, 0.1) is 0 Å². The average Bonchev–Trinajstić information content (AvgIpc) is 2.42. The molecule has 0 unspecified atom stereocenters. The SMILES string of the molecule is Cc1ccccc1CSCC1(CBr)CCCCC1. The summed E-state index contributed by atoms with van der Waals surface area (Å²) in [6.07, 6.45) is 7.13. The molecule has 0 spiro atoms. The largest absolute Gasteiger partial charge is 0.157 e. The molecule has 0 atom stereocenters. The molecule has 0 amide bonds. The van der Waals surface area contributed by atoms with E-state index in [1.165, 1.54) is 60.1 Å². The fraction of sp³-hybridized carbons (Fsp3) is 0.625. The highest BCUT2D eigenvalue weighted by atomic mass is 79.9. The third kappa shape index (κ3) is 3.77. The van der Waals surface area contributed by atoms with Crippen LogP contribution in [0.2, 0.25) is 0 Å². The van der Waals surface area contributed by atoms with Crippen LogP contribution in [0.5, 0.6) is 0 Å². The summed E-state index contributed by atoms with van der Waals surface area (Å²) in [4.78, 5) is 0. The first-order chi connectivity index (χ1) is 8.76. The molecule has 1 aliphatic rings. The van der Waals surface area contributed by atoms with E-state index in [9.17, 15) is 0 Å². The smallest absolute Gasteiger partial charge is 0.0187 e. The normalized spacial score (nSPS) is 18.8. The summed E-state index contributed by atoms with van der Waals surface area (Å²) in [5.41, 5.74) is 3.51. The van der Waals surface area contributed by atoms with E-state index < -0.39 is 0 Å². The van der Waals surface area contributed by atoms with Crippen LogP contribution in [0.15, 0.2) is 24.3 Å². The Morgan fingerprint density at radius 3 is 2.56 bits per heavy atom. The van der Waals surface area contributed by atoms with Gasteiger partial charge in [-0.05, 0) is 36.3 Å². The van der Waals surface area contributed by atoms with Crippen molar-refractivity contribution in [1.82, 2.24) is 0 Å². The zero-order valence-corrected chi connectivity index (χ0v) is 13.7. The molecule has 100 valence electrons. The Hall–Kier alpha value is 0.0500. The second-order valence-corrected chi connectivity index (χ2v) is 7.16. The van der Waals surface area contributed by atoms with Crippen LogP contribution in [-0.4, -0.2) is 11.1 Å². The van der Waals surface area contributed by atoms with Gasteiger partial charge in [0.2, 0.25) is 0 Å². The quantitative estimate of drug-likeness (QED) is 0.637. The fourth-order valence-corrected chi connectivity index (χ4v) is 5.26. The van der Waals surface area contributed by atoms with Gasteiger partial charge in [-0.2, -0.15) is 11.8 Å². The molecule has 0 radical (unpaired) electrons. The van der Waals surface area contributed by atoms with Crippen LogP contribution in [0.25, 0.3) is 0 Å². The summed E-state index contributed by atoms with van der Waals surface area (Å²) in [6.45, 7) is 2.22. The number of rotatable bonds is 5. The van der Waals surface area contributed by atoms with Gasteiger partial charge in [0, 0.05) is 16.8 Å². The Morgan fingerprint density at radius 2 is 1.89 bits per heavy atom. The van der Waals surface area contributed by atoms with Crippen molar-refractivity contribution in [3.05, 3.63) is 35.4 Å². The van der Waals surface area contributed by atoms with Gasteiger partial charge in [0.15, 0.2) is 0 Å². The number of benzene rings is 1. The lowest BCUT2D eigenvalue weighted by atomic mass is 9.77. The minimum atomic E-state index is 0.575. The molecule has 0 aromatic heterocycles. The summed E-state index contributed by atoms with van der Waals surface area (Å²) in [7, 11) is 0. The first-order valence-corrected chi connectivity index (χ1v) is 9.22. The zero-order chi connectivity index (χ0) is 12.8. The van der Waals surface area contributed by atoms with Gasteiger partial charge in [-0.25, -0.2) is 0 Å². The summed E-state index contributed by atoms with van der Waals surface area (Å²) >= 11 is 5.88. The molecular formula is C16H23BrS. The van der Waals surface area contributed by atoms with Crippen LogP contribution in [0.3, 0.4) is 0 Å². The maximum absolute atomic E-state index is 3.76. The molecule has 0 heterocycles. The highest BCUT2D eigenvalue weighted by Gasteiger charge is 2.30. The third-order valence-corrected chi connectivity index (χ3v) is 6.65. The minimum absolute atomic E-state index is 0.575. The second kappa shape index (κ2) is 7.00. The van der Waals surface area contributed by atoms with E-state index in [0.29, 0.717) is 5.41 Å². The fourth-order valence-electron chi connectivity index (χ4n) is 2.77. The van der Waals surface area contributed by atoms with E-state index in [-0.39, 0.29) is 0 Å². The van der Waals surface area contributed by atoms with Crippen molar-refractivity contribution >= 4 is 27.7 Å². The summed E-state index contributed by atoms with van der Waals surface area (Å²) < 4.78 is 0. The van der Waals surface area contributed by atoms with E-state index in [2.05, 4.69) is 58.9 Å². The van der Waals surface area contributed by atoms with Crippen molar-refractivity contribution in [2.75, 3.05) is 11.1 Å². The van der Waals surface area contributed by atoms with Crippen LogP contribution in [0.4, 0.5) is 0 Å². The first-order valence-electron chi connectivity index (χ1n) is 6.94. The minimum Gasteiger partial charge on any atom is -0.157 e. The van der Waals surface area contributed by atoms with Crippen molar-refractivity contribution in [3.63, 3.8) is 0 Å². The van der Waals surface area contributed by atoms with Crippen LogP contribution in [-0.2, 0) is 5.75 Å². The maximum atomic E-state index is 3.76. The molecule has 1 fully saturated rings. The molecule has 2 rings (SSSR count). The van der Waals surface area contributed by atoms with Crippen molar-refractivity contribution in [3.8, 4) is 0 Å². The molecule has 1 saturated carbocycles. The number of halogens is 1. The van der Waals surface area contributed by atoms with Gasteiger partial charge < -0.3 is 0 Å². The van der Waals surface area contributed by atoms with Gasteiger partial charge in [0.25, 0.3) is 0 Å². The van der Waals surface area contributed by atoms with E-state index in [0.717, 1.165) is 0 Å². The number of aryl methyl sites for hydroxylation is 1. The number of hydrogen-bond acceptors (Lipinski definition) is 1. The zero-order valence-electron chi connectivity index (χ0n) is 11.3. The summed E-state index contributed by atoms with van der Waals surface area (Å²) in [5, 5.41) is 1.18. The van der Waals surface area contributed by atoms with Crippen molar-refractivity contribution < 1.29 is 0 Å². The van der Waals surface area contributed by atoms with E-state index >= 15 is 0 Å². The van der Waals surface area contributed by atoms with Crippen LogP contribution in [0, 0.1) is 12.3 Å². The lowest BCUT2D eigenvalue weighted by molar-refractivity contribution is 0.260. The molecule has 1 aromatic rings. The first kappa shape index (κ1) is 14.5. The third-order valence-electron chi connectivity index (χ3n) is 4.12. The van der Waals surface area contributed by atoms with E-state index in [4.69, 9.17) is 0 Å². The molecule has 0 saturated heterocycles. The van der Waals surface area contributed by atoms with Crippen LogP contribution >= 0.6 is 27.7 Å². The van der Waals surface area contributed by atoms with Crippen molar-refractivity contribution in [2.24, 2.45) is 5.41 Å². The molecule has 18 heavy (non-hydrogen) atoms. The Bertz CT molecular complexity index is 369. The molecular weight excluding hydrogens is 304 g/mol. The van der Waals surface area contributed by atoms with Gasteiger partial charge in [-0.1, -0.05) is 59.5 Å². The summed E-state index contributed by atoms with van der Waals surface area (Å²) in [6, 6.07) is 8.77. The summed E-state index contributed by atoms with van der Waals surface area (Å²) in [5.74, 6) is 2.48. The Labute approximate surface area is 124 Å². The topological polar surface area (TPSA) is 0 Å². The maximum Gasteiger partial charge on any atom is 0.0187 e. The van der Waals surface area contributed by atoms with Gasteiger partial charge in [0.1, 0.15) is 0 Å². The molecule has 1 aromatic carbocycles. The molecule has 0 nitrogen and oxygen atoms in total. The Kier molecular flexibility index (Phi) is 5.62. The molecule has 0 aliphatic heterocycles. The van der Waals surface area contributed by atoms with Gasteiger partial charge in [-0.3, -0.25) is 0 Å². The molecule has 0 bridgehead atoms. The average molecular weight is 327 g/mol. The molecule has 1 aliphatic carbocycles. The van der Waals surface area contributed by atoms with E-state index in [1.807, 2.05) is 0 Å². The number of hydrogen-bond donors (Lipinski definition) is 0. The number of alkyl halides is 1. The highest BCUT2D eigenvalue weighted by molar-refractivity contribution is 9.09. The highest BCUT2D eigenvalue weighted by Crippen LogP contribution is 2.41. The lowest BCUT2D eigenvalue weighted by Gasteiger charge is -2.35. The standard InChI is InChI=1S/C16H23BrS/c1-14-7-3-4-8-15(14)11-18-13-16(12-17)9-5-2-6-10-16/h3-4,7-8H,2,5-6,9-13H2,1H3. The predicted octanol–water partition coefficient (Wildman–Crippen LogP) is 5.57. The van der Waals surface area contributed by atoms with Gasteiger partial charge >= 0.3 is 0 Å². The lowest BCUT2D eigenvalue weighted by Crippen LogP contribution is -2.28. The Morgan fingerprint density at radius 1 is 1.17 bits per heavy atom. The second-order valence-electron chi connectivity index (χ2n) is 5.61. The van der Waals surface area contributed by atoms with Crippen LogP contribution < -0.4 is 0 Å².